The number of para-hydroxylation sites is 1. The second-order valence-electron chi connectivity index (χ2n) is 6.54. The van der Waals surface area contributed by atoms with Crippen LogP contribution in [0.1, 0.15) is 50.7 Å². The molecule has 2 unspecified atom stereocenters. The van der Waals surface area contributed by atoms with E-state index in [2.05, 4.69) is 27.7 Å². The summed E-state index contributed by atoms with van der Waals surface area (Å²) in [5.74, 6) is 1.25. The zero-order chi connectivity index (χ0) is 16.1. The molecule has 2 aliphatic heterocycles. The van der Waals surface area contributed by atoms with E-state index in [-0.39, 0.29) is 0 Å². The number of hydrogen-bond acceptors (Lipinski definition) is 4. The van der Waals surface area contributed by atoms with E-state index in [1.807, 2.05) is 18.2 Å². The van der Waals surface area contributed by atoms with Crippen molar-refractivity contribution in [2.45, 2.75) is 51.7 Å². The summed E-state index contributed by atoms with van der Waals surface area (Å²) in [6.45, 7) is 11.6. The van der Waals surface area contributed by atoms with Gasteiger partial charge in [-0.1, -0.05) is 45.9 Å². The number of phenols is 1. The number of phenolic OH excluding ortho intramolecular Hbond substituents is 1. The normalized spacial score (nSPS) is 22.5. The summed E-state index contributed by atoms with van der Waals surface area (Å²) < 4.78 is 15.1. The first kappa shape index (κ1) is 17.3. The van der Waals surface area contributed by atoms with Crippen LogP contribution >= 0.6 is 0 Å². The zero-order valence-electron chi connectivity index (χ0n) is 14.0. The van der Waals surface area contributed by atoms with Gasteiger partial charge in [-0.2, -0.15) is 0 Å². The van der Waals surface area contributed by atoms with Crippen molar-refractivity contribution in [3.05, 3.63) is 29.3 Å². The van der Waals surface area contributed by atoms with E-state index in [0.29, 0.717) is 29.8 Å². The smallest absolute Gasteiger partial charge is 0.122 e. The molecule has 1 aromatic carbocycles. The monoisotopic (exact) mass is 308 g/mol. The Bertz CT molecular complexity index is 424. The van der Waals surface area contributed by atoms with Crippen LogP contribution in [0.25, 0.3) is 0 Å². The van der Waals surface area contributed by atoms with Crippen LogP contribution in [0.2, 0.25) is 0 Å². The Morgan fingerprint density at radius 2 is 1.41 bits per heavy atom. The van der Waals surface area contributed by atoms with Crippen molar-refractivity contribution in [1.29, 1.82) is 0 Å². The Morgan fingerprint density at radius 3 is 1.73 bits per heavy atom. The third kappa shape index (κ3) is 5.59. The number of ether oxygens (including phenoxy) is 3. The molecule has 22 heavy (non-hydrogen) atoms. The van der Waals surface area contributed by atoms with Crippen LogP contribution in [0.4, 0.5) is 0 Å². The van der Waals surface area contributed by atoms with Gasteiger partial charge >= 0.3 is 0 Å². The molecule has 1 N–H and O–H groups in total. The van der Waals surface area contributed by atoms with Crippen molar-refractivity contribution in [3.63, 3.8) is 0 Å². The highest BCUT2D eigenvalue weighted by Crippen LogP contribution is 2.32. The summed E-state index contributed by atoms with van der Waals surface area (Å²) >= 11 is 0. The maximum absolute atomic E-state index is 9.93. The lowest BCUT2D eigenvalue weighted by atomic mass is 9.94. The van der Waals surface area contributed by atoms with Gasteiger partial charge in [0, 0.05) is 0 Å². The summed E-state index contributed by atoms with van der Waals surface area (Å²) in [4.78, 5) is 0. The number of benzene rings is 1. The number of aromatic hydroxyl groups is 1. The second kappa shape index (κ2) is 7.95. The highest BCUT2D eigenvalue weighted by atomic mass is 16.6. The van der Waals surface area contributed by atoms with Crippen molar-refractivity contribution < 1.29 is 19.3 Å². The molecule has 124 valence electrons. The molecule has 0 aliphatic carbocycles. The van der Waals surface area contributed by atoms with Crippen molar-refractivity contribution in [2.24, 2.45) is 0 Å². The van der Waals surface area contributed by atoms with Gasteiger partial charge in [0.25, 0.3) is 0 Å². The predicted molar refractivity (Wildman–Crippen MR) is 86.6 cm³/mol. The third-order valence-electron chi connectivity index (χ3n) is 3.75. The molecule has 0 bridgehead atoms. The molecule has 0 saturated carbocycles. The Morgan fingerprint density at radius 1 is 1.00 bits per heavy atom. The van der Waals surface area contributed by atoms with Crippen LogP contribution in [0.15, 0.2) is 18.2 Å². The van der Waals surface area contributed by atoms with Gasteiger partial charge in [-0.3, -0.25) is 0 Å². The average molecular weight is 308 g/mol. The predicted octanol–water partition coefficient (Wildman–Crippen LogP) is 3.44. The minimum absolute atomic E-state index is 0.388. The number of epoxide rings is 2. The summed E-state index contributed by atoms with van der Waals surface area (Å²) in [7, 11) is 0. The summed E-state index contributed by atoms with van der Waals surface area (Å²) in [5, 5.41) is 9.93. The van der Waals surface area contributed by atoms with Gasteiger partial charge in [-0.05, 0) is 23.0 Å². The van der Waals surface area contributed by atoms with Gasteiger partial charge in [0.05, 0.1) is 26.4 Å². The topological polar surface area (TPSA) is 54.5 Å². The molecule has 0 amide bonds. The summed E-state index contributed by atoms with van der Waals surface area (Å²) in [6.07, 6.45) is 0.785. The molecule has 0 spiro atoms. The zero-order valence-corrected chi connectivity index (χ0v) is 14.0. The Balaban J connectivity index is 0.000000170. The van der Waals surface area contributed by atoms with Crippen LogP contribution in [-0.2, 0) is 14.2 Å². The third-order valence-corrected chi connectivity index (χ3v) is 3.75. The molecule has 2 atom stereocenters. The fraction of sp³-hybridized carbons (Fsp3) is 0.667. The fourth-order valence-electron chi connectivity index (χ4n) is 2.17. The van der Waals surface area contributed by atoms with E-state index < -0.39 is 0 Å². The quantitative estimate of drug-likeness (QED) is 0.818. The van der Waals surface area contributed by atoms with Crippen LogP contribution < -0.4 is 0 Å². The van der Waals surface area contributed by atoms with Gasteiger partial charge in [-0.25, -0.2) is 0 Å². The lowest BCUT2D eigenvalue weighted by Crippen LogP contribution is -2.06. The van der Waals surface area contributed by atoms with Crippen molar-refractivity contribution in [1.82, 2.24) is 0 Å². The molecule has 1 aromatic rings. The summed E-state index contributed by atoms with van der Waals surface area (Å²) in [6, 6.07) is 6.00. The van der Waals surface area contributed by atoms with Gasteiger partial charge in [0.15, 0.2) is 0 Å². The van der Waals surface area contributed by atoms with E-state index in [0.717, 1.165) is 37.6 Å². The van der Waals surface area contributed by atoms with E-state index >= 15 is 0 Å². The lowest BCUT2D eigenvalue weighted by molar-refractivity contribution is 0.102. The minimum Gasteiger partial charge on any atom is -0.507 e. The van der Waals surface area contributed by atoms with E-state index in [9.17, 15) is 5.11 Å². The molecule has 2 heterocycles. The van der Waals surface area contributed by atoms with Crippen LogP contribution in [0, 0.1) is 0 Å². The molecule has 2 fully saturated rings. The summed E-state index contributed by atoms with van der Waals surface area (Å²) in [5.41, 5.74) is 2.09. The highest BCUT2D eigenvalue weighted by molar-refractivity contribution is 5.43. The highest BCUT2D eigenvalue weighted by Gasteiger charge is 2.26. The molecular weight excluding hydrogens is 280 g/mol. The van der Waals surface area contributed by atoms with Gasteiger partial charge in [0.1, 0.15) is 18.0 Å². The number of hydrogen-bond donors (Lipinski definition) is 1. The first-order chi connectivity index (χ1) is 10.5. The Labute approximate surface area is 133 Å². The Hall–Kier alpha value is -1.10. The van der Waals surface area contributed by atoms with Gasteiger partial charge in [0.2, 0.25) is 0 Å². The van der Waals surface area contributed by atoms with Crippen molar-refractivity contribution >= 4 is 0 Å². The van der Waals surface area contributed by atoms with E-state index in [1.165, 1.54) is 0 Å². The van der Waals surface area contributed by atoms with Crippen LogP contribution in [0.5, 0.6) is 5.75 Å². The SMILES string of the molecule is C(OCC1CO1)C1CO1.CC(C)c1cccc(C(C)C)c1O. The fourth-order valence-corrected chi connectivity index (χ4v) is 2.17. The molecule has 4 heteroatoms. The molecule has 0 radical (unpaired) electrons. The van der Waals surface area contributed by atoms with E-state index in [4.69, 9.17) is 14.2 Å². The molecule has 2 aliphatic rings. The van der Waals surface area contributed by atoms with Crippen LogP contribution in [-0.4, -0.2) is 43.7 Å². The maximum Gasteiger partial charge on any atom is 0.122 e. The number of rotatable bonds is 6. The average Bonchev–Trinajstić information content (AvgIpc) is 3.34. The first-order valence-corrected chi connectivity index (χ1v) is 8.11. The molecule has 4 nitrogen and oxygen atoms in total. The largest absolute Gasteiger partial charge is 0.507 e. The van der Waals surface area contributed by atoms with Gasteiger partial charge < -0.3 is 19.3 Å². The van der Waals surface area contributed by atoms with Crippen molar-refractivity contribution in [2.75, 3.05) is 26.4 Å². The van der Waals surface area contributed by atoms with Crippen LogP contribution in [0.3, 0.4) is 0 Å². The lowest BCUT2D eigenvalue weighted by Gasteiger charge is -2.14. The molecule has 2 saturated heterocycles. The molecular formula is C18H28O4. The van der Waals surface area contributed by atoms with Gasteiger partial charge in [-0.15, -0.1) is 0 Å². The Kier molecular flexibility index (Phi) is 6.24. The van der Waals surface area contributed by atoms with Crippen molar-refractivity contribution in [3.8, 4) is 5.75 Å². The van der Waals surface area contributed by atoms with E-state index in [1.54, 1.807) is 0 Å². The first-order valence-electron chi connectivity index (χ1n) is 8.11. The standard InChI is InChI=1S/C12H18O.C6H10O3/c1-8(2)10-6-5-7-11(9(3)4)12(10)13;1(5-3-8-5)7-2-6-4-9-6/h5-9,13H,1-4H3;5-6H,1-4H2. The second-order valence-corrected chi connectivity index (χ2v) is 6.54. The minimum atomic E-state index is 0.388. The molecule has 3 rings (SSSR count). The molecule has 0 aromatic heterocycles. The maximum atomic E-state index is 9.93.